The van der Waals surface area contributed by atoms with Crippen LogP contribution in [0, 0.1) is 11.8 Å². The minimum atomic E-state index is -5.47. The van der Waals surface area contributed by atoms with Crippen molar-refractivity contribution in [1.82, 2.24) is 36.4 Å². The lowest BCUT2D eigenvalue weighted by atomic mass is 9.91. The summed E-state index contributed by atoms with van der Waals surface area (Å²) in [5.41, 5.74) is -5.74. The van der Waals surface area contributed by atoms with E-state index < -0.39 is 100 Å². The molecular formula is C45H60Cl2F3N7O8. The summed E-state index contributed by atoms with van der Waals surface area (Å²) < 4.78 is 42.9. The van der Waals surface area contributed by atoms with Crippen molar-refractivity contribution in [3.8, 4) is 0 Å². The van der Waals surface area contributed by atoms with Crippen molar-refractivity contribution < 1.29 is 51.8 Å². The fraction of sp³-hybridized carbons (Fsp3) is 0.578. The number of hydrogen-bond acceptors (Lipinski definition) is 8. The van der Waals surface area contributed by atoms with E-state index in [9.17, 15) is 51.8 Å². The molecule has 2 aliphatic rings. The molecule has 6 atom stereocenters. The molecule has 0 aromatic heterocycles. The molecule has 2 aromatic carbocycles. The number of likely N-dealkylation sites (N-methyl/N-ethyl adjacent to an activating group) is 2. The van der Waals surface area contributed by atoms with Crippen LogP contribution in [-0.2, 0) is 45.6 Å². The van der Waals surface area contributed by atoms with Crippen LogP contribution in [0.2, 0.25) is 10.0 Å². The summed E-state index contributed by atoms with van der Waals surface area (Å²) in [6, 6.07) is 3.84. The number of benzene rings is 2. The number of carbonyl (C=O) groups is 7. The highest BCUT2D eigenvalue weighted by molar-refractivity contribution is 6.33. The van der Waals surface area contributed by atoms with Crippen LogP contribution in [0.3, 0.4) is 0 Å². The van der Waals surface area contributed by atoms with Crippen molar-refractivity contribution in [2.45, 2.75) is 134 Å². The lowest BCUT2D eigenvalue weighted by Crippen LogP contribution is -2.62. The number of nitrogens with one attached hydrogen (secondary N) is 5. The zero-order valence-corrected chi connectivity index (χ0v) is 39.1. The number of rotatable bonds is 13. The van der Waals surface area contributed by atoms with Gasteiger partial charge in [-0.05, 0) is 94.4 Å². The van der Waals surface area contributed by atoms with Gasteiger partial charge in [0.15, 0.2) is 0 Å². The van der Waals surface area contributed by atoms with Crippen LogP contribution >= 0.6 is 23.2 Å². The van der Waals surface area contributed by atoms with Crippen LogP contribution in [0.1, 0.15) is 90.7 Å². The zero-order chi connectivity index (χ0) is 48.6. The summed E-state index contributed by atoms with van der Waals surface area (Å²) >= 11 is 12.8. The number of aliphatic hydroxyl groups is 1. The predicted octanol–water partition coefficient (Wildman–Crippen LogP) is 4.16. The highest BCUT2D eigenvalue weighted by Gasteiger charge is 2.61. The molecule has 65 heavy (non-hydrogen) atoms. The molecule has 1 saturated carbocycles. The second kappa shape index (κ2) is 22.0. The number of halogens is 5. The maximum Gasteiger partial charge on any atom is 0.430 e. The Morgan fingerprint density at radius 1 is 0.969 bits per heavy atom. The Bertz CT molecular complexity index is 2070. The predicted molar refractivity (Wildman–Crippen MR) is 237 cm³/mol. The molecular weight excluding hydrogens is 894 g/mol. The Balaban J connectivity index is 1.64. The van der Waals surface area contributed by atoms with Gasteiger partial charge in [0.1, 0.15) is 35.7 Å². The summed E-state index contributed by atoms with van der Waals surface area (Å²) in [5, 5.41) is 24.4. The maximum absolute atomic E-state index is 14.5. The average Bonchev–Trinajstić information content (AvgIpc) is 4.09. The van der Waals surface area contributed by atoms with Crippen LogP contribution in [0.15, 0.2) is 48.5 Å². The van der Waals surface area contributed by atoms with E-state index >= 15 is 0 Å². The molecule has 15 nitrogen and oxygen atoms in total. The Morgan fingerprint density at radius 2 is 1.62 bits per heavy atom. The molecule has 1 saturated heterocycles. The number of alkyl halides is 3. The van der Waals surface area contributed by atoms with E-state index in [0.717, 1.165) is 17.0 Å². The zero-order valence-electron chi connectivity index (χ0n) is 37.6. The summed E-state index contributed by atoms with van der Waals surface area (Å²) in [7, 11) is 2.76. The molecule has 0 radical (unpaired) electrons. The summed E-state index contributed by atoms with van der Waals surface area (Å²) in [6.45, 7) is 8.28. The molecule has 358 valence electrons. The van der Waals surface area contributed by atoms with Gasteiger partial charge in [-0.25, -0.2) is 0 Å². The largest absolute Gasteiger partial charge is 0.430 e. The van der Waals surface area contributed by atoms with Gasteiger partial charge in [0.05, 0.1) is 0 Å². The fourth-order valence-corrected chi connectivity index (χ4v) is 8.05. The standard InChI is InChI=1S/C45H60Cl2F3N7O8/c1-8-31(53-42(64)44(65,45(48,49)50)28-14-10-9-11-15-28)36(58)54-35(26-17-18-26)40(62)56(6)33-16-12-13-21-51-41(63)43(4,5)55-38(60)34(24-27-23-29(46)19-20-30(27)47)57(7)39(61)32(22-25(2)3)52-37(33)59/h9-11,14-15,19-20,23,25-26,31-35,65H,8,12-13,16-18,21-22,24H2,1-7H3,(H,51,63)(H,52,59)(H,53,64)(H,54,58)(H,55,60)/t31-,32-,33-,34-,35-,44?/m0/s1. The third-order valence-electron chi connectivity index (χ3n) is 11.8. The van der Waals surface area contributed by atoms with E-state index in [1.165, 1.54) is 58.0 Å². The molecule has 4 rings (SSSR count). The first-order valence-electron chi connectivity index (χ1n) is 21.7. The van der Waals surface area contributed by atoms with Gasteiger partial charge in [-0.2, -0.15) is 13.2 Å². The van der Waals surface area contributed by atoms with Crippen molar-refractivity contribution in [2.24, 2.45) is 11.8 Å². The fourth-order valence-electron chi connectivity index (χ4n) is 7.66. The van der Waals surface area contributed by atoms with Crippen molar-refractivity contribution in [3.63, 3.8) is 0 Å². The lowest BCUT2D eigenvalue weighted by molar-refractivity contribution is -0.257. The number of amides is 7. The first-order chi connectivity index (χ1) is 30.3. The van der Waals surface area contributed by atoms with Gasteiger partial charge in [-0.1, -0.05) is 74.3 Å². The third kappa shape index (κ3) is 13.1. The van der Waals surface area contributed by atoms with Gasteiger partial charge >= 0.3 is 6.18 Å². The number of hydrogen-bond donors (Lipinski definition) is 6. The van der Waals surface area contributed by atoms with Gasteiger partial charge in [0.25, 0.3) is 11.5 Å². The smallest absolute Gasteiger partial charge is 0.369 e. The van der Waals surface area contributed by atoms with Gasteiger partial charge in [-0.3, -0.25) is 33.6 Å². The molecule has 20 heteroatoms. The van der Waals surface area contributed by atoms with Crippen LogP contribution in [-0.4, -0.2) is 119 Å². The van der Waals surface area contributed by atoms with E-state index in [1.54, 1.807) is 18.2 Å². The van der Waals surface area contributed by atoms with Gasteiger partial charge in [0, 0.05) is 42.7 Å². The second-order valence-electron chi connectivity index (χ2n) is 17.8. The minimum Gasteiger partial charge on any atom is -0.369 e. The van der Waals surface area contributed by atoms with Crippen LogP contribution < -0.4 is 26.6 Å². The molecule has 7 amide bonds. The van der Waals surface area contributed by atoms with Crippen LogP contribution in [0.25, 0.3) is 0 Å². The maximum atomic E-state index is 14.5. The summed E-state index contributed by atoms with van der Waals surface area (Å²) in [4.78, 5) is 100. The number of carbonyl (C=O) groups excluding carboxylic acids is 7. The highest BCUT2D eigenvalue weighted by Crippen LogP contribution is 2.39. The third-order valence-corrected chi connectivity index (χ3v) is 12.4. The Labute approximate surface area is 387 Å². The van der Waals surface area contributed by atoms with Crippen molar-refractivity contribution >= 4 is 64.6 Å². The number of nitrogens with zero attached hydrogens (tertiary/aromatic N) is 2. The average molecular weight is 955 g/mol. The van der Waals surface area contributed by atoms with Gasteiger partial charge < -0.3 is 41.5 Å². The van der Waals surface area contributed by atoms with Crippen LogP contribution in [0.4, 0.5) is 13.2 Å². The molecule has 2 aromatic rings. The van der Waals surface area contributed by atoms with E-state index in [0.29, 0.717) is 36.3 Å². The SMILES string of the molecule is CC[C@H](NC(=O)C(O)(c1ccccc1)C(F)(F)F)C(=O)N[C@H](C(=O)N(C)[C@H]1CCCCNC(=O)C(C)(C)NC(=O)[C@H](Cc2cc(Cl)ccc2Cl)N(C)C(=O)[C@H](CC(C)C)NC1=O)C1CC1. The second-order valence-corrected chi connectivity index (χ2v) is 18.6. The molecule has 0 spiro atoms. The topological polar surface area (TPSA) is 206 Å². The van der Waals surface area contributed by atoms with E-state index in [1.807, 2.05) is 19.2 Å². The quantitative estimate of drug-likeness (QED) is 0.172. The minimum absolute atomic E-state index is 0.0485. The van der Waals surface area contributed by atoms with Crippen molar-refractivity contribution in [1.29, 1.82) is 0 Å². The molecule has 1 aliphatic heterocycles. The highest BCUT2D eigenvalue weighted by atomic mass is 35.5. The Morgan fingerprint density at radius 3 is 2.20 bits per heavy atom. The Kier molecular flexibility index (Phi) is 17.9. The molecule has 0 bridgehead atoms. The van der Waals surface area contributed by atoms with Gasteiger partial charge in [0.2, 0.25) is 35.4 Å². The van der Waals surface area contributed by atoms with Crippen molar-refractivity contribution in [2.75, 3.05) is 20.6 Å². The van der Waals surface area contributed by atoms with Gasteiger partial charge in [-0.15, -0.1) is 0 Å². The van der Waals surface area contributed by atoms with E-state index in [-0.39, 0.29) is 43.2 Å². The molecule has 2 fully saturated rings. The van der Waals surface area contributed by atoms with Crippen molar-refractivity contribution in [3.05, 3.63) is 69.7 Å². The monoisotopic (exact) mass is 953 g/mol. The normalized spacial score (nSPS) is 22.1. The molecule has 1 aliphatic carbocycles. The molecule has 1 unspecified atom stereocenters. The summed E-state index contributed by atoms with van der Waals surface area (Å²) in [5.74, 6) is -6.69. The first kappa shape index (κ1) is 52.7. The molecule has 6 N–H and O–H groups in total. The Hall–Kier alpha value is -4.94. The first-order valence-corrected chi connectivity index (χ1v) is 22.4. The summed E-state index contributed by atoms with van der Waals surface area (Å²) in [6.07, 6.45) is -4.00. The molecule has 1 heterocycles. The lowest BCUT2D eigenvalue weighted by Gasteiger charge is -2.36. The van der Waals surface area contributed by atoms with E-state index in [4.69, 9.17) is 23.2 Å². The van der Waals surface area contributed by atoms with Crippen LogP contribution in [0.5, 0.6) is 0 Å². The van der Waals surface area contributed by atoms with E-state index in [2.05, 4.69) is 21.3 Å².